The van der Waals surface area contributed by atoms with Crippen LogP contribution in [0.5, 0.6) is 0 Å². The lowest BCUT2D eigenvalue weighted by molar-refractivity contribution is -0.147. The first-order valence-electron chi connectivity index (χ1n) is 11.1. The third-order valence-electron chi connectivity index (χ3n) is 6.74. The Bertz CT molecular complexity index is 1280. The second kappa shape index (κ2) is 9.15. The predicted octanol–water partition coefficient (Wildman–Crippen LogP) is -1.84. The summed E-state index contributed by atoms with van der Waals surface area (Å²) in [5.74, 6) is -7.22. The van der Waals surface area contributed by atoms with E-state index in [4.69, 9.17) is 11.6 Å². The van der Waals surface area contributed by atoms with Crippen molar-refractivity contribution in [3.63, 3.8) is 0 Å². The van der Waals surface area contributed by atoms with E-state index in [0.717, 1.165) is 6.07 Å². The van der Waals surface area contributed by atoms with E-state index in [1.807, 2.05) is 0 Å². The fraction of sp³-hybridized carbons (Fsp3) is 0.273. The molecule has 0 radical (unpaired) electrons. The molecule has 0 aromatic heterocycles. The molecule has 0 aliphatic carbocycles. The summed E-state index contributed by atoms with van der Waals surface area (Å²) in [5, 5.41) is 4.95. The molecule has 1 saturated heterocycles. The molecule has 2 aliphatic heterocycles. The smallest absolute Gasteiger partial charge is 0.349 e. The van der Waals surface area contributed by atoms with Gasteiger partial charge in [-0.05, 0) is 29.7 Å². The highest BCUT2D eigenvalue weighted by Gasteiger charge is 2.43. The minimum Gasteiger partial charge on any atom is -0.352 e. The van der Waals surface area contributed by atoms with Gasteiger partial charge in [-0.25, -0.2) is 0 Å². The highest BCUT2D eigenvalue weighted by molar-refractivity contribution is 6.55. The van der Waals surface area contributed by atoms with Gasteiger partial charge in [-0.1, -0.05) is 40.7 Å². The van der Waals surface area contributed by atoms with Crippen LogP contribution in [-0.2, 0) is 26.9 Å². The Morgan fingerprint density at radius 2 is 1.89 bits per heavy atom. The van der Waals surface area contributed by atoms with Crippen LogP contribution in [0.15, 0.2) is 30.3 Å². The Balaban J connectivity index is 1.50. The van der Waals surface area contributed by atoms with Crippen molar-refractivity contribution in [2.45, 2.75) is 37.3 Å². The van der Waals surface area contributed by atoms with Crippen LogP contribution >= 0.6 is 11.6 Å². The fourth-order valence-electron chi connectivity index (χ4n) is 4.48. The van der Waals surface area contributed by atoms with Crippen LogP contribution in [0, 0.1) is 0 Å². The Morgan fingerprint density at radius 3 is 2.57 bits per heavy atom. The average molecular weight is 497 g/mol. The molecule has 2 unspecified atom stereocenters. The number of carbonyl (C=O) groups is 4. The van der Waals surface area contributed by atoms with Gasteiger partial charge in [-0.3, -0.25) is 24.5 Å². The molecule has 2 aliphatic rings. The molecule has 0 saturated carbocycles. The topological polar surface area (TPSA) is 95.6 Å². The normalized spacial score (nSPS) is 18.8. The van der Waals surface area contributed by atoms with Crippen molar-refractivity contribution in [1.82, 2.24) is 15.5 Å². The Morgan fingerprint density at radius 1 is 1.17 bits per heavy atom. The average Bonchev–Trinajstić information content (AvgIpc) is 3.12. The molecule has 13 heteroatoms. The summed E-state index contributed by atoms with van der Waals surface area (Å²) in [5.41, 5.74) is 1.87. The summed E-state index contributed by atoms with van der Waals surface area (Å²) < 4.78 is 30.0. The van der Waals surface area contributed by atoms with Gasteiger partial charge < -0.3 is 10.2 Å². The van der Waals surface area contributed by atoms with Gasteiger partial charge in [0.05, 0.1) is 0 Å². The van der Waals surface area contributed by atoms with Crippen molar-refractivity contribution in [3.05, 3.63) is 57.6 Å². The largest absolute Gasteiger partial charge is 0.352 e. The van der Waals surface area contributed by atoms with E-state index in [2.05, 4.69) is 10.6 Å². The van der Waals surface area contributed by atoms with Crippen molar-refractivity contribution >= 4 is 69.7 Å². The molecule has 1 fully saturated rings. The van der Waals surface area contributed by atoms with Crippen LogP contribution in [0.3, 0.4) is 0 Å². The predicted molar refractivity (Wildman–Crippen MR) is 134 cm³/mol. The molecular weight excluding hydrogens is 476 g/mol. The molecule has 2 atom stereocenters. The summed E-state index contributed by atoms with van der Waals surface area (Å²) in [7, 11) is 4.68. The molecule has 2 heterocycles. The van der Waals surface area contributed by atoms with E-state index in [1.165, 1.54) is 18.8 Å². The number of piperidine rings is 1. The summed E-state index contributed by atoms with van der Waals surface area (Å²) in [6.07, 6.45) is 0.383. The van der Waals surface area contributed by atoms with Crippen LogP contribution < -0.4 is 21.6 Å². The molecule has 2 aromatic carbocycles. The number of amides is 4. The van der Waals surface area contributed by atoms with Crippen molar-refractivity contribution in [1.29, 1.82) is 0 Å². The number of rotatable bonds is 5. The Kier molecular flexibility index (Phi) is 6.53. The maximum absolute atomic E-state index is 15.0. The van der Waals surface area contributed by atoms with Crippen LogP contribution in [0.25, 0.3) is 0 Å². The zero-order chi connectivity index (χ0) is 25.7. The standard InChI is InChI=1S/C22H21B3ClF2N3O4/c23-16-12(3-4-13(26)17(16)24)22(27,28)21(35)30-18(25)9-1-2-11-10(7-9)8-31(20(11)34)14-5-6-15(32)29-19(14)33/h1-4,7,14,18H,5-6,8,23-25H2,(H,30,35)(H,29,32,33). The van der Waals surface area contributed by atoms with Crippen LogP contribution in [0.1, 0.15) is 45.8 Å². The number of nitrogens with zero attached hydrogens (tertiary/aromatic N) is 1. The third kappa shape index (κ3) is 4.47. The van der Waals surface area contributed by atoms with Gasteiger partial charge in [0.2, 0.25) is 11.8 Å². The number of hydrogen-bond donors (Lipinski definition) is 2. The zero-order valence-corrected chi connectivity index (χ0v) is 20.1. The van der Waals surface area contributed by atoms with Crippen molar-refractivity contribution in [3.8, 4) is 0 Å². The fourth-order valence-corrected chi connectivity index (χ4v) is 4.69. The van der Waals surface area contributed by atoms with E-state index in [9.17, 15) is 19.2 Å². The molecular formula is C22H21B3ClF2N3O4. The lowest BCUT2D eigenvalue weighted by atomic mass is 9.76. The Hall–Kier alpha value is -3.14. The third-order valence-corrected chi connectivity index (χ3v) is 7.15. The van der Waals surface area contributed by atoms with Crippen molar-refractivity contribution in [2.24, 2.45) is 0 Å². The summed E-state index contributed by atoms with van der Waals surface area (Å²) in [6, 6.07) is 6.56. The zero-order valence-electron chi connectivity index (χ0n) is 19.4. The highest BCUT2D eigenvalue weighted by atomic mass is 35.5. The quantitative estimate of drug-likeness (QED) is 0.375. The van der Waals surface area contributed by atoms with E-state index in [1.54, 1.807) is 33.9 Å². The molecule has 0 spiro atoms. The highest BCUT2D eigenvalue weighted by Crippen LogP contribution is 2.31. The molecule has 2 N–H and O–H groups in total. The second-order valence-electron chi connectivity index (χ2n) is 8.93. The molecule has 35 heavy (non-hydrogen) atoms. The van der Waals surface area contributed by atoms with Gasteiger partial charge >= 0.3 is 5.92 Å². The van der Waals surface area contributed by atoms with Gasteiger partial charge in [0.15, 0.2) is 0 Å². The number of halogens is 3. The molecule has 2 aromatic rings. The van der Waals surface area contributed by atoms with Crippen LogP contribution in [0.4, 0.5) is 8.78 Å². The minimum absolute atomic E-state index is 0.145. The lowest BCUT2D eigenvalue weighted by Gasteiger charge is -2.29. The SMILES string of the molecule is Bc1c(Cl)ccc(C(F)(F)C(=O)NC(B)c2ccc3c(c2)CN(C2CCC(=O)NC2=O)C3=O)c1B. The van der Waals surface area contributed by atoms with Crippen molar-refractivity contribution < 1.29 is 28.0 Å². The monoisotopic (exact) mass is 497 g/mol. The molecule has 0 bridgehead atoms. The first kappa shape index (κ1) is 25.0. The Labute approximate surface area is 208 Å². The summed E-state index contributed by atoms with van der Waals surface area (Å²) in [6.45, 7) is 0.147. The second-order valence-corrected chi connectivity index (χ2v) is 9.34. The number of nitrogens with one attached hydrogen (secondary N) is 2. The van der Waals surface area contributed by atoms with E-state index in [-0.39, 0.29) is 36.7 Å². The minimum atomic E-state index is -3.77. The van der Waals surface area contributed by atoms with E-state index in [0.29, 0.717) is 27.2 Å². The summed E-state index contributed by atoms with van der Waals surface area (Å²) in [4.78, 5) is 50.4. The van der Waals surface area contributed by atoms with E-state index < -0.39 is 35.3 Å². The molecule has 178 valence electrons. The number of alkyl halides is 2. The maximum Gasteiger partial charge on any atom is 0.349 e. The van der Waals surface area contributed by atoms with Gasteiger partial charge in [0.25, 0.3) is 11.8 Å². The number of hydrogen-bond acceptors (Lipinski definition) is 4. The number of fused-ring (bicyclic) bond motifs is 1. The summed E-state index contributed by atoms with van der Waals surface area (Å²) >= 11 is 6.00. The first-order chi connectivity index (χ1) is 16.4. The van der Waals surface area contributed by atoms with E-state index >= 15 is 8.78 Å². The number of benzene rings is 2. The first-order valence-corrected chi connectivity index (χ1v) is 11.5. The van der Waals surface area contributed by atoms with Crippen molar-refractivity contribution in [2.75, 3.05) is 0 Å². The lowest BCUT2D eigenvalue weighted by Crippen LogP contribution is -2.52. The maximum atomic E-state index is 15.0. The van der Waals surface area contributed by atoms with Gasteiger partial charge in [-0.2, -0.15) is 8.78 Å². The van der Waals surface area contributed by atoms with Gasteiger partial charge in [-0.15, -0.1) is 0 Å². The molecule has 4 rings (SSSR count). The van der Waals surface area contributed by atoms with Crippen LogP contribution in [0.2, 0.25) is 5.02 Å². The number of carbonyl (C=O) groups excluding carboxylic acids is 4. The van der Waals surface area contributed by atoms with Crippen LogP contribution in [-0.4, -0.2) is 58.1 Å². The number of imide groups is 1. The van der Waals surface area contributed by atoms with Gasteiger partial charge in [0.1, 0.15) is 29.6 Å². The molecule has 7 nitrogen and oxygen atoms in total. The van der Waals surface area contributed by atoms with Gasteiger partial charge in [0, 0.05) is 35.1 Å². The molecule has 4 amide bonds.